The average Bonchev–Trinajstić information content (AvgIpc) is 3.01. The van der Waals surface area contributed by atoms with Crippen LogP contribution in [0.1, 0.15) is 40.5 Å². The van der Waals surface area contributed by atoms with Crippen LogP contribution in [0.25, 0.3) is 0 Å². The number of hydrogen-bond donors (Lipinski definition) is 1. The fourth-order valence-corrected chi connectivity index (χ4v) is 3.26. The molecular weight excluding hydrogens is 246 g/mol. The van der Waals surface area contributed by atoms with E-state index in [4.69, 9.17) is 0 Å². The monoisotopic (exact) mass is 269 g/mol. The summed E-state index contributed by atoms with van der Waals surface area (Å²) in [5.74, 6) is 0. The Hall–Kier alpha value is -1.61. The molecule has 0 aliphatic heterocycles. The van der Waals surface area contributed by atoms with E-state index in [0.29, 0.717) is 6.04 Å². The van der Waals surface area contributed by atoms with Gasteiger partial charge in [0.05, 0.1) is 5.69 Å². The van der Waals surface area contributed by atoms with Gasteiger partial charge in [0, 0.05) is 25.2 Å². The van der Waals surface area contributed by atoms with Gasteiger partial charge < -0.3 is 5.32 Å². The lowest BCUT2D eigenvalue weighted by Crippen LogP contribution is -2.20. The lowest BCUT2D eigenvalue weighted by Gasteiger charge is -2.18. The molecule has 0 saturated carbocycles. The molecule has 1 aliphatic rings. The predicted octanol–water partition coefficient (Wildman–Crippen LogP) is 2.72. The van der Waals surface area contributed by atoms with Crippen molar-refractivity contribution in [1.29, 1.82) is 0 Å². The standard InChI is InChI=1S/C17H23N3/c1-12-9-16(20(3)19-12)11-17(18-2)15-8-7-13-5-4-6-14(13)10-15/h7-10,17-18H,4-6,11H2,1-3H3. The molecule has 1 unspecified atom stereocenters. The van der Waals surface area contributed by atoms with Crippen LogP contribution in [-0.4, -0.2) is 16.8 Å². The van der Waals surface area contributed by atoms with Gasteiger partial charge in [0.15, 0.2) is 0 Å². The van der Waals surface area contributed by atoms with Gasteiger partial charge in [-0.05, 0) is 56.0 Å². The Labute approximate surface area is 121 Å². The summed E-state index contributed by atoms with van der Waals surface area (Å²) in [6.07, 6.45) is 4.78. The van der Waals surface area contributed by atoms with E-state index in [2.05, 4.69) is 34.7 Å². The molecule has 2 aromatic rings. The molecule has 1 aromatic carbocycles. The van der Waals surface area contributed by atoms with Crippen LogP contribution in [0.3, 0.4) is 0 Å². The van der Waals surface area contributed by atoms with Gasteiger partial charge in [-0.25, -0.2) is 0 Å². The molecule has 0 saturated heterocycles. The van der Waals surface area contributed by atoms with E-state index >= 15 is 0 Å². The van der Waals surface area contributed by atoms with Gasteiger partial charge in [0.1, 0.15) is 0 Å². The van der Waals surface area contributed by atoms with Gasteiger partial charge in [0.2, 0.25) is 0 Å². The molecule has 1 aromatic heterocycles. The summed E-state index contributed by atoms with van der Waals surface area (Å²) in [5, 5.41) is 7.89. The van der Waals surface area contributed by atoms with Crippen molar-refractivity contribution in [2.24, 2.45) is 7.05 Å². The minimum Gasteiger partial charge on any atom is -0.313 e. The Morgan fingerprint density at radius 3 is 2.75 bits per heavy atom. The van der Waals surface area contributed by atoms with Gasteiger partial charge in [0.25, 0.3) is 0 Å². The zero-order valence-corrected chi connectivity index (χ0v) is 12.6. The van der Waals surface area contributed by atoms with E-state index < -0.39 is 0 Å². The number of nitrogens with one attached hydrogen (secondary N) is 1. The lowest BCUT2D eigenvalue weighted by molar-refractivity contribution is 0.561. The molecule has 20 heavy (non-hydrogen) atoms. The van der Waals surface area contributed by atoms with Crippen LogP contribution in [0.2, 0.25) is 0 Å². The van der Waals surface area contributed by atoms with Crippen LogP contribution in [0.15, 0.2) is 24.3 Å². The summed E-state index contributed by atoms with van der Waals surface area (Å²) < 4.78 is 1.99. The highest BCUT2D eigenvalue weighted by molar-refractivity contribution is 5.37. The zero-order chi connectivity index (χ0) is 14.1. The largest absolute Gasteiger partial charge is 0.313 e. The van der Waals surface area contributed by atoms with Crippen molar-refractivity contribution in [1.82, 2.24) is 15.1 Å². The Morgan fingerprint density at radius 2 is 2.05 bits per heavy atom. The van der Waals surface area contributed by atoms with Crippen molar-refractivity contribution in [3.63, 3.8) is 0 Å². The third kappa shape index (κ3) is 2.50. The van der Waals surface area contributed by atoms with E-state index in [-0.39, 0.29) is 0 Å². The summed E-state index contributed by atoms with van der Waals surface area (Å²) in [4.78, 5) is 0. The first-order valence-corrected chi connectivity index (χ1v) is 7.46. The van der Waals surface area contributed by atoms with Crippen LogP contribution >= 0.6 is 0 Å². The molecule has 1 N–H and O–H groups in total. The number of aryl methyl sites for hydroxylation is 4. The van der Waals surface area contributed by atoms with Gasteiger partial charge in [-0.2, -0.15) is 5.10 Å². The van der Waals surface area contributed by atoms with Crippen LogP contribution in [0, 0.1) is 6.92 Å². The second kappa shape index (κ2) is 5.41. The highest BCUT2D eigenvalue weighted by Gasteiger charge is 2.16. The van der Waals surface area contributed by atoms with Crippen LogP contribution < -0.4 is 5.32 Å². The first-order valence-electron chi connectivity index (χ1n) is 7.46. The maximum atomic E-state index is 4.44. The molecular formula is C17H23N3. The molecule has 0 amide bonds. The summed E-state index contributed by atoms with van der Waals surface area (Å²) >= 11 is 0. The fraction of sp³-hybridized carbons (Fsp3) is 0.471. The van der Waals surface area contributed by atoms with E-state index in [1.807, 2.05) is 25.7 Å². The first kappa shape index (κ1) is 13.4. The summed E-state index contributed by atoms with van der Waals surface area (Å²) in [5.41, 5.74) is 6.85. The molecule has 0 radical (unpaired) electrons. The van der Waals surface area contributed by atoms with Gasteiger partial charge in [-0.1, -0.05) is 18.2 Å². The number of hydrogen-bond acceptors (Lipinski definition) is 2. The number of likely N-dealkylation sites (N-methyl/N-ethyl adjacent to an activating group) is 1. The molecule has 0 fully saturated rings. The summed E-state index contributed by atoms with van der Waals surface area (Å²) in [6.45, 7) is 2.05. The number of aromatic nitrogens is 2. The Morgan fingerprint density at radius 1 is 1.25 bits per heavy atom. The molecule has 0 bridgehead atoms. The highest BCUT2D eigenvalue weighted by atomic mass is 15.3. The van der Waals surface area contributed by atoms with Crippen molar-refractivity contribution in [3.05, 3.63) is 52.3 Å². The Bertz CT molecular complexity index is 613. The van der Waals surface area contributed by atoms with Crippen molar-refractivity contribution in [2.45, 2.75) is 38.6 Å². The van der Waals surface area contributed by atoms with Crippen molar-refractivity contribution < 1.29 is 0 Å². The van der Waals surface area contributed by atoms with E-state index in [1.165, 1.54) is 30.5 Å². The third-order valence-corrected chi connectivity index (χ3v) is 4.39. The quantitative estimate of drug-likeness (QED) is 0.925. The molecule has 0 spiro atoms. The molecule has 3 heteroatoms. The number of benzene rings is 1. The Balaban J connectivity index is 1.84. The Kier molecular flexibility index (Phi) is 3.62. The van der Waals surface area contributed by atoms with Crippen LogP contribution in [-0.2, 0) is 26.3 Å². The predicted molar refractivity (Wildman–Crippen MR) is 81.9 cm³/mol. The SMILES string of the molecule is CNC(Cc1cc(C)nn1C)c1ccc2c(c1)CCC2. The van der Waals surface area contributed by atoms with Gasteiger partial charge >= 0.3 is 0 Å². The molecule has 3 rings (SSSR count). The van der Waals surface area contributed by atoms with Gasteiger partial charge in [-0.15, -0.1) is 0 Å². The maximum absolute atomic E-state index is 4.44. The average molecular weight is 269 g/mol. The zero-order valence-electron chi connectivity index (χ0n) is 12.6. The smallest absolute Gasteiger partial charge is 0.0596 e. The molecule has 1 atom stereocenters. The fourth-order valence-electron chi connectivity index (χ4n) is 3.26. The normalized spacial score (nSPS) is 15.3. The molecule has 3 nitrogen and oxygen atoms in total. The van der Waals surface area contributed by atoms with Crippen molar-refractivity contribution in [3.8, 4) is 0 Å². The second-order valence-electron chi connectivity index (χ2n) is 5.83. The van der Waals surface area contributed by atoms with Crippen molar-refractivity contribution >= 4 is 0 Å². The minimum absolute atomic E-state index is 0.357. The van der Waals surface area contributed by atoms with Crippen molar-refractivity contribution in [2.75, 3.05) is 7.05 Å². The summed E-state index contributed by atoms with van der Waals surface area (Å²) in [7, 11) is 4.07. The highest BCUT2D eigenvalue weighted by Crippen LogP contribution is 2.26. The summed E-state index contributed by atoms with van der Waals surface area (Å²) in [6, 6.07) is 9.53. The topological polar surface area (TPSA) is 29.9 Å². The van der Waals surface area contributed by atoms with Gasteiger partial charge in [-0.3, -0.25) is 4.68 Å². The minimum atomic E-state index is 0.357. The molecule has 106 valence electrons. The van der Waals surface area contributed by atoms with Crippen LogP contribution in [0.5, 0.6) is 0 Å². The number of fused-ring (bicyclic) bond motifs is 1. The van der Waals surface area contributed by atoms with E-state index in [9.17, 15) is 0 Å². The molecule has 1 aliphatic carbocycles. The maximum Gasteiger partial charge on any atom is 0.0596 e. The number of nitrogens with zero attached hydrogens (tertiary/aromatic N) is 2. The first-order chi connectivity index (χ1) is 9.67. The van der Waals surface area contributed by atoms with Crippen LogP contribution in [0.4, 0.5) is 0 Å². The van der Waals surface area contributed by atoms with E-state index in [1.54, 1.807) is 11.1 Å². The number of rotatable bonds is 4. The lowest BCUT2D eigenvalue weighted by atomic mass is 9.98. The molecule has 1 heterocycles. The van der Waals surface area contributed by atoms with E-state index in [0.717, 1.165) is 12.1 Å². The second-order valence-corrected chi connectivity index (χ2v) is 5.83. The third-order valence-electron chi connectivity index (χ3n) is 4.39.